The smallest absolute Gasteiger partial charge is 0.244 e. The molecule has 2 aromatic rings. The van der Waals surface area contributed by atoms with Crippen molar-refractivity contribution in [3.63, 3.8) is 0 Å². The van der Waals surface area contributed by atoms with Crippen LogP contribution in [0.2, 0.25) is 0 Å². The van der Waals surface area contributed by atoms with E-state index in [0.29, 0.717) is 18.6 Å². The number of amides is 2. The monoisotopic (exact) mass is 312 g/mol. The van der Waals surface area contributed by atoms with E-state index in [0.717, 1.165) is 5.75 Å². The summed E-state index contributed by atoms with van der Waals surface area (Å²) in [6, 6.07) is 17.5. The van der Waals surface area contributed by atoms with Gasteiger partial charge < -0.3 is 15.8 Å². The lowest BCUT2D eigenvalue weighted by molar-refractivity contribution is -0.127. The van der Waals surface area contributed by atoms with Gasteiger partial charge in [-0.25, -0.2) is 0 Å². The molecular weight excluding hydrogens is 292 g/mol. The molecule has 5 nitrogen and oxygen atoms in total. The van der Waals surface area contributed by atoms with Gasteiger partial charge in [-0.3, -0.25) is 9.59 Å². The second-order valence-electron chi connectivity index (χ2n) is 5.08. The summed E-state index contributed by atoms with van der Waals surface area (Å²) in [7, 11) is 0. The number of rotatable bonds is 8. The molecule has 0 radical (unpaired) electrons. The van der Waals surface area contributed by atoms with Crippen LogP contribution in [0.4, 0.5) is 0 Å². The van der Waals surface area contributed by atoms with E-state index in [2.05, 4.69) is 5.32 Å². The van der Waals surface area contributed by atoms with Gasteiger partial charge in [0.2, 0.25) is 11.8 Å². The van der Waals surface area contributed by atoms with E-state index in [9.17, 15) is 9.59 Å². The number of nitrogens with one attached hydrogen (secondary N) is 1. The van der Waals surface area contributed by atoms with Gasteiger partial charge in [0.05, 0.1) is 6.61 Å². The Balaban J connectivity index is 1.77. The summed E-state index contributed by atoms with van der Waals surface area (Å²) in [5.74, 6) is -0.0355. The standard InChI is InChI=1S/C18H20N2O3/c19-18(22)17(14-8-3-1-4-9-14)20-16(21)12-7-13-23-15-10-5-2-6-11-15/h1-6,8-11,17H,7,12-13H2,(H2,19,22)(H,20,21)/t17-/m1/s1. The minimum absolute atomic E-state index is 0.227. The van der Waals surface area contributed by atoms with Crippen LogP contribution in [0, 0.1) is 0 Å². The summed E-state index contributed by atoms with van der Waals surface area (Å²) in [5.41, 5.74) is 6.04. The van der Waals surface area contributed by atoms with Crippen molar-refractivity contribution in [1.82, 2.24) is 5.32 Å². The molecule has 0 heterocycles. The number of ether oxygens (including phenoxy) is 1. The van der Waals surface area contributed by atoms with Crippen LogP contribution < -0.4 is 15.8 Å². The average Bonchev–Trinajstić information content (AvgIpc) is 2.58. The predicted molar refractivity (Wildman–Crippen MR) is 87.7 cm³/mol. The van der Waals surface area contributed by atoms with Gasteiger partial charge in [-0.1, -0.05) is 48.5 Å². The number of hydrogen-bond acceptors (Lipinski definition) is 3. The summed E-state index contributed by atoms with van der Waals surface area (Å²) in [5, 5.41) is 2.66. The van der Waals surface area contributed by atoms with Crippen LogP contribution in [0.15, 0.2) is 60.7 Å². The lowest BCUT2D eigenvalue weighted by atomic mass is 10.1. The predicted octanol–water partition coefficient (Wildman–Crippen LogP) is 2.19. The molecule has 5 heteroatoms. The average molecular weight is 312 g/mol. The third-order valence-electron chi connectivity index (χ3n) is 3.28. The summed E-state index contributed by atoms with van der Waals surface area (Å²) >= 11 is 0. The number of carbonyl (C=O) groups excluding carboxylic acids is 2. The third kappa shape index (κ3) is 5.47. The van der Waals surface area contributed by atoms with E-state index in [1.807, 2.05) is 36.4 Å². The molecule has 3 N–H and O–H groups in total. The molecule has 0 bridgehead atoms. The molecule has 2 aromatic carbocycles. The number of benzene rings is 2. The molecule has 0 aliphatic rings. The largest absolute Gasteiger partial charge is 0.494 e. The van der Waals surface area contributed by atoms with Crippen molar-refractivity contribution in [2.24, 2.45) is 5.73 Å². The van der Waals surface area contributed by atoms with Crippen molar-refractivity contribution in [2.75, 3.05) is 6.61 Å². The van der Waals surface area contributed by atoms with E-state index in [1.165, 1.54) is 0 Å². The fourth-order valence-corrected chi connectivity index (χ4v) is 2.14. The molecule has 0 saturated carbocycles. The van der Waals surface area contributed by atoms with E-state index < -0.39 is 11.9 Å². The van der Waals surface area contributed by atoms with Crippen LogP contribution >= 0.6 is 0 Å². The summed E-state index contributed by atoms with van der Waals surface area (Å²) in [6.07, 6.45) is 0.824. The van der Waals surface area contributed by atoms with Gasteiger partial charge in [0, 0.05) is 6.42 Å². The van der Waals surface area contributed by atoms with Gasteiger partial charge in [0.1, 0.15) is 11.8 Å². The first-order chi connectivity index (χ1) is 11.2. The van der Waals surface area contributed by atoms with Gasteiger partial charge in [-0.05, 0) is 24.1 Å². The highest BCUT2D eigenvalue weighted by atomic mass is 16.5. The van der Waals surface area contributed by atoms with Gasteiger partial charge in [0.25, 0.3) is 0 Å². The zero-order chi connectivity index (χ0) is 16.5. The van der Waals surface area contributed by atoms with Crippen molar-refractivity contribution < 1.29 is 14.3 Å². The van der Waals surface area contributed by atoms with Crippen molar-refractivity contribution >= 4 is 11.8 Å². The fourth-order valence-electron chi connectivity index (χ4n) is 2.14. The molecule has 0 saturated heterocycles. The molecule has 120 valence electrons. The SMILES string of the molecule is NC(=O)[C@H](NC(=O)CCCOc1ccccc1)c1ccccc1. The van der Waals surface area contributed by atoms with Crippen LogP contribution in [0.25, 0.3) is 0 Å². The molecule has 2 amide bonds. The zero-order valence-electron chi connectivity index (χ0n) is 12.8. The van der Waals surface area contributed by atoms with Crippen LogP contribution in [-0.4, -0.2) is 18.4 Å². The summed E-state index contributed by atoms with van der Waals surface area (Å²) in [6.45, 7) is 0.435. The first kappa shape index (κ1) is 16.5. The Morgan fingerprint density at radius 2 is 1.61 bits per heavy atom. The topological polar surface area (TPSA) is 81.4 Å². The Labute approximate surface area is 135 Å². The van der Waals surface area contributed by atoms with E-state index in [4.69, 9.17) is 10.5 Å². The molecule has 0 fully saturated rings. The maximum atomic E-state index is 12.0. The first-order valence-electron chi connectivity index (χ1n) is 7.48. The molecule has 1 atom stereocenters. The van der Waals surface area contributed by atoms with Crippen molar-refractivity contribution in [2.45, 2.75) is 18.9 Å². The second-order valence-corrected chi connectivity index (χ2v) is 5.08. The highest BCUT2D eigenvalue weighted by molar-refractivity contribution is 5.87. The highest BCUT2D eigenvalue weighted by Gasteiger charge is 2.19. The van der Waals surface area contributed by atoms with E-state index >= 15 is 0 Å². The summed E-state index contributed by atoms with van der Waals surface area (Å²) in [4.78, 5) is 23.5. The van der Waals surface area contributed by atoms with Gasteiger partial charge in [-0.15, -0.1) is 0 Å². The number of nitrogens with two attached hydrogens (primary N) is 1. The van der Waals surface area contributed by atoms with Gasteiger partial charge >= 0.3 is 0 Å². The molecule has 0 aromatic heterocycles. The Hall–Kier alpha value is -2.82. The number of carbonyl (C=O) groups is 2. The van der Waals surface area contributed by atoms with Gasteiger partial charge in [0.15, 0.2) is 0 Å². The minimum atomic E-state index is -0.807. The molecule has 0 spiro atoms. The fraction of sp³-hybridized carbons (Fsp3) is 0.222. The molecule has 23 heavy (non-hydrogen) atoms. The molecule has 2 rings (SSSR count). The third-order valence-corrected chi connectivity index (χ3v) is 3.28. The molecule has 0 aliphatic heterocycles. The van der Waals surface area contributed by atoms with Gasteiger partial charge in [-0.2, -0.15) is 0 Å². The maximum Gasteiger partial charge on any atom is 0.244 e. The number of primary amides is 1. The Morgan fingerprint density at radius 3 is 2.22 bits per heavy atom. The normalized spacial score (nSPS) is 11.5. The minimum Gasteiger partial charge on any atom is -0.494 e. The van der Waals surface area contributed by atoms with Crippen LogP contribution in [-0.2, 0) is 9.59 Å². The summed E-state index contributed by atoms with van der Waals surface area (Å²) < 4.78 is 5.52. The van der Waals surface area contributed by atoms with Crippen LogP contribution in [0.1, 0.15) is 24.4 Å². The Morgan fingerprint density at radius 1 is 1.00 bits per heavy atom. The Kier molecular flexibility index (Phi) is 6.17. The lowest BCUT2D eigenvalue weighted by Crippen LogP contribution is -2.37. The van der Waals surface area contributed by atoms with Crippen molar-refractivity contribution in [1.29, 1.82) is 0 Å². The molecule has 0 aliphatic carbocycles. The zero-order valence-corrected chi connectivity index (χ0v) is 12.8. The second kappa shape index (κ2) is 8.58. The van der Waals surface area contributed by atoms with E-state index in [1.54, 1.807) is 24.3 Å². The number of para-hydroxylation sites is 1. The lowest BCUT2D eigenvalue weighted by Gasteiger charge is -2.15. The highest BCUT2D eigenvalue weighted by Crippen LogP contribution is 2.12. The van der Waals surface area contributed by atoms with E-state index in [-0.39, 0.29) is 12.3 Å². The van der Waals surface area contributed by atoms with Crippen molar-refractivity contribution in [3.8, 4) is 5.75 Å². The Bertz CT molecular complexity index is 629. The maximum absolute atomic E-state index is 12.0. The quantitative estimate of drug-likeness (QED) is 0.733. The van der Waals surface area contributed by atoms with Crippen LogP contribution in [0.5, 0.6) is 5.75 Å². The number of hydrogen-bond donors (Lipinski definition) is 2. The molecular formula is C18H20N2O3. The first-order valence-corrected chi connectivity index (χ1v) is 7.48. The molecule has 0 unspecified atom stereocenters. The van der Waals surface area contributed by atoms with Crippen LogP contribution in [0.3, 0.4) is 0 Å². The van der Waals surface area contributed by atoms with Crippen molar-refractivity contribution in [3.05, 3.63) is 66.2 Å².